The van der Waals surface area contributed by atoms with E-state index in [2.05, 4.69) is 10.2 Å². The van der Waals surface area contributed by atoms with Crippen LogP contribution in [0.5, 0.6) is 0 Å². The maximum absolute atomic E-state index is 10.1. The van der Waals surface area contributed by atoms with E-state index in [0.29, 0.717) is 0 Å². The van der Waals surface area contributed by atoms with Crippen molar-refractivity contribution in [2.45, 2.75) is 0 Å². The summed E-state index contributed by atoms with van der Waals surface area (Å²) in [6.07, 6.45) is 2.56. The number of ether oxygens (including phenoxy) is 1. The second kappa shape index (κ2) is 6.39. The zero-order chi connectivity index (χ0) is 10.2. The Labute approximate surface area is 83.3 Å². The van der Waals surface area contributed by atoms with Crippen molar-refractivity contribution < 1.29 is 14.6 Å². The lowest BCUT2D eigenvalue weighted by atomic mass is 10.4. The molecule has 0 atom stereocenters. The van der Waals surface area contributed by atoms with Gasteiger partial charge in [-0.05, 0) is 0 Å². The molecule has 80 valence electrons. The molecule has 0 radical (unpaired) electrons. The lowest BCUT2D eigenvalue weighted by molar-refractivity contribution is -0.131. The second-order valence-electron chi connectivity index (χ2n) is 3.08. The number of carbonyl (C=O) groups is 1. The highest BCUT2D eigenvalue weighted by molar-refractivity contribution is 5.79. The molecule has 1 fully saturated rings. The molecule has 0 amide bonds. The van der Waals surface area contributed by atoms with Gasteiger partial charge >= 0.3 is 5.97 Å². The molecular formula is C9H16N2O3. The lowest BCUT2D eigenvalue weighted by Crippen LogP contribution is -2.39. The van der Waals surface area contributed by atoms with Gasteiger partial charge in [0.05, 0.1) is 13.2 Å². The number of rotatable bonds is 5. The molecule has 5 nitrogen and oxygen atoms in total. The fraction of sp³-hybridized carbons (Fsp3) is 0.667. The second-order valence-corrected chi connectivity index (χ2v) is 3.08. The Balaban J connectivity index is 2.00. The molecule has 1 rings (SSSR count). The molecule has 0 aromatic carbocycles. The van der Waals surface area contributed by atoms with Gasteiger partial charge in [0.2, 0.25) is 0 Å². The maximum atomic E-state index is 10.1. The summed E-state index contributed by atoms with van der Waals surface area (Å²) in [5.74, 6) is -0.927. The Morgan fingerprint density at radius 2 is 2.21 bits per heavy atom. The molecule has 0 bridgehead atoms. The van der Waals surface area contributed by atoms with Gasteiger partial charge in [-0.1, -0.05) is 0 Å². The SMILES string of the molecule is O=C(O)/C=C/NCCN1CCOCC1. The third kappa shape index (κ3) is 4.84. The molecule has 0 spiro atoms. The number of hydrogen-bond acceptors (Lipinski definition) is 4. The molecular weight excluding hydrogens is 184 g/mol. The van der Waals surface area contributed by atoms with Gasteiger partial charge in [-0.3, -0.25) is 4.90 Å². The molecule has 1 heterocycles. The topological polar surface area (TPSA) is 61.8 Å². The maximum Gasteiger partial charge on any atom is 0.329 e. The third-order valence-electron chi connectivity index (χ3n) is 2.02. The van der Waals surface area contributed by atoms with Gasteiger partial charge in [0.1, 0.15) is 0 Å². The van der Waals surface area contributed by atoms with E-state index >= 15 is 0 Å². The normalized spacial score (nSPS) is 18.6. The van der Waals surface area contributed by atoms with E-state index in [4.69, 9.17) is 9.84 Å². The molecule has 14 heavy (non-hydrogen) atoms. The summed E-state index contributed by atoms with van der Waals surface area (Å²) in [6, 6.07) is 0. The van der Waals surface area contributed by atoms with Crippen molar-refractivity contribution in [2.75, 3.05) is 39.4 Å². The summed E-state index contributed by atoms with van der Waals surface area (Å²) in [6.45, 7) is 5.21. The Bertz CT molecular complexity index is 200. The highest BCUT2D eigenvalue weighted by atomic mass is 16.5. The number of hydrogen-bond donors (Lipinski definition) is 2. The average molecular weight is 200 g/mol. The highest BCUT2D eigenvalue weighted by Gasteiger charge is 2.08. The minimum atomic E-state index is -0.927. The van der Waals surface area contributed by atoms with E-state index in [9.17, 15) is 4.79 Å². The van der Waals surface area contributed by atoms with Crippen molar-refractivity contribution in [1.82, 2.24) is 10.2 Å². The lowest BCUT2D eigenvalue weighted by Gasteiger charge is -2.26. The van der Waals surface area contributed by atoms with Crippen LogP contribution in [0.25, 0.3) is 0 Å². The first-order valence-corrected chi connectivity index (χ1v) is 4.72. The first kappa shape index (κ1) is 11.0. The summed E-state index contributed by atoms with van der Waals surface area (Å²) in [5.41, 5.74) is 0. The predicted octanol–water partition coefficient (Wildman–Crippen LogP) is -0.494. The van der Waals surface area contributed by atoms with E-state index in [1.807, 2.05) is 0 Å². The van der Waals surface area contributed by atoms with E-state index < -0.39 is 5.97 Å². The molecule has 0 saturated carbocycles. The average Bonchev–Trinajstić information content (AvgIpc) is 2.18. The van der Waals surface area contributed by atoms with Gasteiger partial charge in [-0.2, -0.15) is 0 Å². The molecule has 0 unspecified atom stereocenters. The van der Waals surface area contributed by atoms with Gasteiger partial charge in [0.15, 0.2) is 0 Å². The quantitative estimate of drug-likeness (QED) is 0.463. The smallest absolute Gasteiger partial charge is 0.329 e. The summed E-state index contributed by atoms with van der Waals surface area (Å²) < 4.78 is 5.20. The number of morpholine rings is 1. The third-order valence-corrected chi connectivity index (χ3v) is 2.02. The van der Waals surface area contributed by atoms with Crippen LogP contribution in [0.1, 0.15) is 0 Å². The predicted molar refractivity (Wildman–Crippen MR) is 52.0 cm³/mol. The van der Waals surface area contributed by atoms with Crippen molar-refractivity contribution in [3.05, 3.63) is 12.3 Å². The summed E-state index contributed by atoms with van der Waals surface area (Å²) in [5, 5.41) is 11.2. The fourth-order valence-electron chi connectivity index (χ4n) is 1.26. The number of carboxylic acid groups (broad SMARTS) is 1. The first-order valence-electron chi connectivity index (χ1n) is 4.72. The van der Waals surface area contributed by atoms with E-state index in [0.717, 1.165) is 45.5 Å². The van der Waals surface area contributed by atoms with Gasteiger partial charge in [0, 0.05) is 38.5 Å². The fourth-order valence-corrected chi connectivity index (χ4v) is 1.26. The van der Waals surface area contributed by atoms with Crippen molar-refractivity contribution >= 4 is 5.97 Å². The zero-order valence-electron chi connectivity index (χ0n) is 8.11. The molecule has 1 saturated heterocycles. The number of nitrogens with one attached hydrogen (secondary N) is 1. The van der Waals surface area contributed by atoms with Crippen molar-refractivity contribution in [1.29, 1.82) is 0 Å². The van der Waals surface area contributed by atoms with Gasteiger partial charge in [-0.15, -0.1) is 0 Å². The van der Waals surface area contributed by atoms with Crippen molar-refractivity contribution in [3.8, 4) is 0 Å². The van der Waals surface area contributed by atoms with E-state index in [1.54, 1.807) is 0 Å². The standard InChI is InChI=1S/C9H16N2O3/c12-9(13)1-2-10-3-4-11-5-7-14-8-6-11/h1-2,10H,3-8H2,(H,12,13)/b2-1+. The van der Waals surface area contributed by atoms with Crippen LogP contribution in [0.3, 0.4) is 0 Å². The van der Waals surface area contributed by atoms with Crippen LogP contribution in [-0.2, 0) is 9.53 Å². The Morgan fingerprint density at radius 3 is 2.86 bits per heavy atom. The van der Waals surface area contributed by atoms with Crippen molar-refractivity contribution in [2.24, 2.45) is 0 Å². The van der Waals surface area contributed by atoms with Gasteiger partial charge in [-0.25, -0.2) is 4.79 Å². The molecule has 0 aliphatic carbocycles. The minimum absolute atomic E-state index is 0.768. The van der Waals surface area contributed by atoms with Crippen LogP contribution in [-0.4, -0.2) is 55.4 Å². The number of aliphatic carboxylic acids is 1. The molecule has 5 heteroatoms. The Hall–Kier alpha value is -1.07. The molecule has 0 aromatic heterocycles. The molecule has 0 aromatic rings. The minimum Gasteiger partial charge on any atom is -0.478 e. The van der Waals surface area contributed by atoms with Crippen LogP contribution in [0.15, 0.2) is 12.3 Å². The summed E-state index contributed by atoms with van der Waals surface area (Å²) in [4.78, 5) is 12.4. The van der Waals surface area contributed by atoms with Crippen LogP contribution in [0, 0.1) is 0 Å². The largest absolute Gasteiger partial charge is 0.478 e. The first-order chi connectivity index (χ1) is 6.79. The van der Waals surface area contributed by atoms with Gasteiger partial charge < -0.3 is 15.2 Å². The molecule has 1 aliphatic rings. The number of nitrogens with zero attached hydrogens (tertiary/aromatic N) is 1. The Kier molecular flexibility index (Phi) is 5.03. The molecule has 1 aliphatic heterocycles. The van der Waals surface area contributed by atoms with Crippen LogP contribution >= 0.6 is 0 Å². The van der Waals surface area contributed by atoms with Crippen LogP contribution in [0.2, 0.25) is 0 Å². The summed E-state index contributed by atoms with van der Waals surface area (Å²) >= 11 is 0. The van der Waals surface area contributed by atoms with Crippen LogP contribution in [0.4, 0.5) is 0 Å². The number of carboxylic acids is 1. The van der Waals surface area contributed by atoms with E-state index in [1.165, 1.54) is 6.20 Å². The monoisotopic (exact) mass is 200 g/mol. The van der Waals surface area contributed by atoms with Gasteiger partial charge in [0.25, 0.3) is 0 Å². The Morgan fingerprint density at radius 1 is 1.50 bits per heavy atom. The van der Waals surface area contributed by atoms with E-state index in [-0.39, 0.29) is 0 Å². The molecule has 2 N–H and O–H groups in total. The highest BCUT2D eigenvalue weighted by Crippen LogP contribution is 1.94. The zero-order valence-corrected chi connectivity index (χ0v) is 8.11. The van der Waals surface area contributed by atoms with Crippen molar-refractivity contribution in [3.63, 3.8) is 0 Å². The summed E-state index contributed by atoms with van der Waals surface area (Å²) in [7, 11) is 0. The van der Waals surface area contributed by atoms with Crippen LogP contribution < -0.4 is 5.32 Å².